The summed E-state index contributed by atoms with van der Waals surface area (Å²) in [5, 5.41) is 10.1. The van der Waals surface area contributed by atoms with Crippen LogP contribution in [0.5, 0.6) is 0 Å². The lowest BCUT2D eigenvalue weighted by molar-refractivity contribution is -0.119. The van der Waals surface area contributed by atoms with Crippen LogP contribution < -0.4 is 5.32 Å². The molecule has 1 aliphatic heterocycles. The maximum absolute atomic E-state index is 13.0. The molecule has 13 heteroatoms. The summed E-state index contributed by atoms with van der Waals surface area (Å²) in [5.74, 6) is -1.39. The molecule has 1 saturated heterocycles. The molecule has 4 rings (SSSR count). The standard InChI is InChI=1S/C20H19ClN4O6S2/c21-14-8-10-16(11-9-14)33(29,30)25-12-4-7-17(25)19(26)22-20-24-23-18(31-20)13-32(27,28)15-5-2-1-3-6-15/h1-3,5-6,8-11,17H,4,7,12-13H2,(H,22,24,26). The second-order valence-corrected chi connectivity index (χ2v) is 11.6. The fourth-order valence-electron chi connectivity index (χ4n) is 3.46. The number of sulfone groups is 1. The Morgan fingerprint density at radius 3 is 2.42 bits per heavy atom. The number of aromatic nitrogens is 2. The van der Waals surface area contributed by atoms with Gasteiger partial charge < -0.3 is 4.42 Å². The molecule has 0 spiro atoms. The third kappa shape index (κ3) is 5.08. The van der Waals surface area contributed by atoms with Crippen molar-refractivity contribution in [3.8, 4) is 0 Å². The molecule has 1 unspecified atom stereocenters. The van der Waals surface area contributed by atoms with Gasteiger partial charge in [0.05, 0.1) is 9.79 Å². The van der Waals surface area contributed by atoms with E-state index >= 15 is 0 Å². The lowest BCUT2D eigenvalue weighted by atomic mass is 10.2. The second kappa shape index (κ2) is 9.21. The van der Waals surface area contributed by atoms with Crippen LogP contribution in [0.1, 0.15) is 18.7 Å². The topological polar surface area (TPSA) is 140 Å². The fraction of sp³-hybridized carbons (Fsp3) is 0.250. The normalized spacial score (nSPS) is 17.2. The monoisotopic (exact) mass is 510 g/mol. The summed E-state index contributed by atoms with van der Waals surface area (Å²) < 4.78 is 57.3. The van der Waals surface area contributed by atoms with E-state index in [0.717, 1.165) is 4.31 Å². The van der Waals surface area contributed by atoms with Gasteiger partial charge in [0.15, 0.2) is 9.84 Å². The van der Waals surface area contributed by atoms with Crippen LogP contribution in [-0.4, -0.2) is 49.8 Å². The van der Waals surface area contributed by atoms with Crippen LogP contribution in [0.2, 0.25) is 5.02 Å². The molecule has 1 aliphatic rings. The zero-order valence-electron chi connectivity index (χ0n) is 17.1. The highest BCUT2D eigenvalue weighted by atomic mass is 35.5. The number of halogens is 1. The van der Waals surface area contributed by atoms with Crippen LogP contribution in [0.25, 0.3) is 0 Å². The first kappa shape index (κ1) is 23.4. The summed E-state index contributed by atoms with van der Waals surface area (Å²) in [4.78, 5) is 12.9. The van der Waals surface area contributed by atoms with Gasteiger partial charge >= 0.3 is 6.01 Å². The lowest BCUT2D eigenvalue weighted by Crippen LogP contribution is -2.43. The Labute approximate surface area is 195 Å². The van der Waals surface area contributed by atoms with E-state index < -0.39 is 37.6 Å². The van der Waals surface area contributed by atoms with Crippen molar-refractivity contribution in [2.75, 3.05) is 11.9 Å². The van der Waals surface area contributed by atoms with E-state index in [-0.39, 0.29) is 28.2 Å². The van der Waals surface area contributed by atoms with E-state index in [0.29, 0.717) is 17.9 Å². The van der Waals surface area contributed by atoms with Crippen molar-refractivity contribution < 1.29 is 26.0 Å². The van der Waals surface area contributed by atoms with Gasteiger partial charge in [-0.25, -0.2) is 16.8 Å². The number of benzene rings is 2. The molecule has 1 fully saturated rings. The first-order chi connectivity index (χ1) is 15.7. The Morgan fingerprint density at radius 1 is 1.03 bits per heavy atom. The van der Waals surface area contributed by atoms with Crippen LogP contribution >= 0.6 is 11.6 Å². The molecule has 0 aliphatic carbocycles. The predicted octanol–water partition coefficient (Wildman–Crippen LogP) is 2.49. The van der Waals surface area contributed by atoms with Crippen molar-refractivity contribution in [3.63, 3.8) is 0 Å². The maximum Gasteiger partial charge on any atom is 0.322 e. The summed E-state index contributed by atoms with van der Waals surface area (Å²) >= 11 is 5.83. The number of nitrogens with one attached hydrogen (secondary N) is 1. The molecule has 33 heavy (non-hydrogen) atoms. The number of hydrogen-bond donors (Lipinski definition) is 1. The highest BCUT2D eigenvalue weighted by molar-refractivity contribution is 7.90. The zero-order chi connectivity index (χ0) is 23.6. The van der Waals surface area contributed by atoms with Gasteiger partial charge in [0.25, 0.3) is 0 Å². The van der Waals surface area contributed by atoms with Gasteiger partial charge in [0.2, 0.25) is 21.8 Å². The molecule has 1 atom stereocenters. The Balaban J connectivity index is 1.46. The Bertz CT molecular complexity index is 1360. The largest absolute Gasteiger partial charge is 0.407 e. The van der Waals surface area contributed by atoms with Crippen molar-refractivity contribution >= 4 is 43.4 Å². The third-order valence-electron chi connectivity index (χ3n) is 5.04. The van der Waals surface area contributed by atoms with E-state index in [9.17, 15) is 21.6 Å². The number of hydrogen-bond acceptors (Lipinski definition) is 8. The minimum Gasteiger partial charge on any atom is -0.407 e. The van der Waals surface area contributed by atoms with Gasteiger partial charge in [0, 0.05) is 11.6 Å². The van der Waals surface area contributed by atoms with E-state index in [2.05, 4.69) is 15.5 Å². The molecule has 1 N–H and O–H groups in total. The SMILES string of the molecule is O=C(Nc1nnc(CS(=O)(=O)c2ccccc2)o1)C1CCCN1S(=O)(=O)c1ccc(Cl)cc1. The average molecular weight is 511 g/mol. The van der Waals surface area contributed by atoms with Crippen LogP contribution in [0, 0.1) is 0 Å². The Hall–Kier alpha value is -2.80. The maximum atomic E-state index is 13.0. The zero-order valence-corrected chi connectivity index (χ0v) is 19.5. The summed E-state index contributed by atoms with van der Waals surface area (Å²) in [6.07, 6.45) is 0.803. The molecule has 174 valence electrons. The molecule has 2 aromatic carbocycles. The van der Waals surface area contributed by atoms with E-state index in [1.165, 1.54) is 36.4 Å². The minimum absolute atomic E-state index is 0.0257. The van der Waals surface area contributed by atoms with Gasteiger partial charge in [-0.2, -0.15) is 4.31 Å². The summed E-state index contributed by atoms with van der Waals surface area (Å²) in [7, 11) is -7.64. The van der Waals surface area contributed by atoms with E-state index in [4.69, 9.17) is 16.0 Å². The number of anilines is 1. The smallest absolute Gasteiger partial charge is 0.322 e. The number of carbonyl (C=O) groups is 1. The first-order valence-electron chi connectivity index (χ1n) is 9.85. The first-order valence-corrected chi connectivity index (χ1v) is 13.3. The fourth-order valence-corrected chi connectivity index (χ4v) is 6.42. The van der Waals surface area contributed by atoms with Gasteiger partial charge in [0.1, 0.15) is 11.8 Å². The van der Waals surface area contributed by atoms with Crippen LogP contribution in [-0.2, 0) is 30.4 Å². The third-order valence-corrected chi connectivity index (χ3v) is 8.83. The van der Waals surface area contributed by atoms with E-state index in [1.807, 2.05) is 0 Å². The molecule has 0 bridgehead atoms. The number of amides is 1. The van der Waals surface area contributed by atoms with Crippen LogP contribution in [0.4, 0.5) is 6.01 Å². The Morgan fingerprint density at radius 2 is 1.73 bits per heavy atom. The molecule has 3 aromatic rings. The van der Waals surface area contributed by atoms with Crippen molar-refractivity contribution in [1.82, 2.24) is 14.5 Å². The summed E-state index contributed by atoms with van der Waals surface area (Å²) in [6, 6.07) is 12.2. The van der Waals surface area contributed by atoms with Gasteiger partial charge in [-0.15, -0.1) is 5.10 Å². The molecule has 0 saturated carbocycles. The second-order valence-electron chi connectivity index (χ2n) is 7.29. The minimum atomic E-state index is -3.92. The summed E-state index contributed by atoms with van der Waals surface area (Å²) in [6.45, 7) is 0.174. The quantitative estimate of drug-likeness (QED) is 0.511. The lowest BCUT2D eigenvalue weighted by Gasteiger charge is -2.22. The van der Waals surface area contributed by atoms with Gasteiger partial charge in [-0.3, -0.25) is 10.1 Å². The van der Waals surface area contributed by atoms with Crippen LogP contribution in [0.3, 0.4) is 0 Å². The number of carbonyl (C=O) groups excluding carboxylic acids is 1. The summed E-state index contributed by atoms with van der Waals surface area (Å²) in [5.41, 5.74) is 0. The number of sulfonamides is 1. The molecular weight excluding hydrogens is 492 g/mol. The molecule has 1 amide bonds. The molecule has 2 heterocycles. The molecule has 1 aromatic heterocycles. The number of nitrogens with zero attached hydrogens (tertiary/aromatic N) is 3. The van der Waals surface area contributed by atoms with E-state index in [1.54, 1.807) is 18.2 Å². The van der Waals surface area contributed by atoms with Crippen molar-refractivity contribution in [1.29, 1.82) is 0 Å². The van der Waals surface area contributed by atoms with Crippen molar-refractivity contribution in [3.05, 3.63) is 65.5 Å². The van der Waals surface area contributed by atoms with Crippen LogP contribution in [0.15, 0.2) is 68.8 Å². The molecular formula is C20H19ClN4O6S2. The van der Waals surface area contributed by atoms with Gasteiger partial charge in [-0.05, 0) is 49.2 Å². The van der Waals surface area contributed by atoms with Crippen molar-refractivity contribution in [2.45, 2.75) is 34.4 Å². The average Bonchev–Trinajstić information content (AvgIpc) is 3.44. The van der Waals surface area contributed by atoms with Gasteiger partial charge in [-0.1, -0.05) is 34.9 Å². The predicted molar refractivity (Wildman–Crippen MR) is 119 cm³/mol. The highest BCUT2D eigenvalue weighted by Gasteiger charge is 2.40. The number of rotatable bonds is 7. The molecule has 10 nitrogen and oxygen atoms in total. The van der Waals surface area contributed by atoms with Crippen molar-refractivity contribution in [2.24, 2.45) is 0 Å². The molecule has 0 radical (unpaired) electrons. The highest BCUT2D eigenvalue weighted by Crippen LogP contribution is 2.28. The Kier molecular flexibility index (Phi) is 6.52.